The molecule has 1 N–H and O–H groups in total. The van der Waals surface area contributed by atoms with Crippen LogP contribution in [-0.2, 0) is 11.2 Å². The number of nitro groups is 1. The molecule has 0 aliphatic heterocycles. The number of aromatic nitrogens is 2. The van der Waals surface area contributed by atoms with Crippen LogP contribution in [0, 0.1) is 10.1 Å². The Kier molecular flexibility index (Phi) is 5.97. The van der Waals surface area contributed by atoms with Gasteiger partial charge in [-0.3, -0.25) is 19.3 Å². The summed E-state index contributed by atoms with van der Waals surface area (Å²) in [5.74, 6) is 1.00. The smallest absolute Gasteiger partial charge is 0.289 e. The standard InChI is InChI=1S/C21H17ClN4O5S/c1-30-14-4-6-19(31-2)15(9-14)17-10-25-13(11-32-21(25)24-17)8-20(27)23-12-3-5-16(22)18(7-12)26(28)29/h3-7,9-11H,8H2,1-2H3,(H,23,27). The fourth-order valence-electron chi connectivity index (χ4n) is 3.20. The fraction of sp³-hybridized carbons (Fsp3) is 0.143. The van der Waals surface area contributed by atoms with E-state index < -0.39 is 4.92 Å². The third-order valence-electron chi connectivity index (χ3n) is 4.73. The molecule has 32 heavy (non-hydrogen) atoms. The van der Waals surface area contributed by atoms with Crippen molar-refractivity contribution in [3.63, 3.8) is 0 Å². The molecule has 4 aromatic rings. The van der Waals surface area contributed by atoms with Crippen LogP contribution in [-0.4, -0.2) is 34.4 Å². The van der Waals surface area contributed by atoms with Gasteiger partial charge in [-0.15, -0.1) is 11.3 Å². The number of thiazole rings is 1. The van der Waals surface area contributed by atoms with Gasteiger partial charge in [-0.05, 0) is 30.3 Å². The van der Waals surface area contributed by atoms with Gasteiger partial charge in [0.1, 0.15) is 16.5 Å². The Hall–Kier alpha value is -3.63. The lowest BCUT2D eigenvalue weighted by atomic mass is 10.1. The highest BCUT2D eigenvalue weighted by Gasteiger charge is 2.17. The van der Waals surface area contributed by atoms with Crippen LogP contribution in [0.25, 0.3) is 16.2 Å². The van der Waals surface area contributed by atoms with Crippen molar-refractivity contribution in [2.75, 3.05) is 19.5 Å². The molecule has 0 fully saturated rings. The minimum Gasteiger partial charge on any atom is -0.497 e. The van der Waals surface area contributed by atoms with E-state index in [1.54, 1.807) is 26.4 Å². The number of halogens is 1. The first kappa shape index (κ1) is 21.6. The lowest BCUT2D eigenvalue weighted by Gasteiger charge is -2.08. The molecular weight excluding hydrogens is 456 g/mol. The molecule has 0 aliphatic carbocycles. The maximum absolute atomic E-state index is 12.6. The molecule has 164 valence electrons. The predicted molar refractivity (Wildman–Crippen MR) is 122 cm³/mol. The molecule has 1 amide bonds. The number of imidazole rings is 1. The molecule has 0 unspecified atom stereocenters. The summed E-state index contributed by atoms with van der Waals surface area (Å²) in [6.07, 6.45) is 1.89. The minimum absolute atomic E-state index is 0.00598. The van der Waals surface area contributed by atoms with Gasteiger partial charge in [0.05, 0.1) is 31.3 Å². The Labute approximate surface area is 191 Å². The van der Waals surface area contributed by atoms with Crippen LogP contribution in [0.15, 0.2) is 48.0 Å². The molecule has 0 radical (unpaired) electrons. The highest BCUT2D eigenvalue weighted by molar-refractivity contribution is 7.15. The Balaban J connectivity index is 1.58. The molecule has 2 aromatic heterocycles. The average molecular weight is 473 g/mol. The summed E-state index contributed by atoms with van der Waals surface area (Å²) in [5, 5.41) is 15.6. The SMILES string of the molecule is COc1ccc(OC)c(-c2cn3c(CC(=O)Nc4ccc(Cl)c([N+](=O)[O-])c4)csc3n2)c1. The van der Waals surface area contributed by atoms with Crippen molar-refractivity contribution in [3.8, 4) is 22.8 Å². The van der Waals surface area contributed by atoms with Crippen LogP contribution in [0.5, 0.6) is 11.5 Å². The van der Waals surface area contributed by atoms with Crippen LogP contribution in [0.3, 0.4) is 0 Å². The number of hydrogen-bond acceptors (Lipinski definition) is 7. The van der Waals surface area contributed by atoms with E-state index in [9.17, 15) is 14.9 Å². The van der Waals surface area contributed by atoms with Crippen molar-refractivity contribution in [3.05, 3.63) is 68.8 Å². The first-order valence-electron chi connectivity index (χ1n) is 9.31. The minimum atomic E-state index is -0.597. The van der Waals surface area contributed by atoms with Gasteiger partial charge in [0, 0.05) is 34.6 Å². The summed E-state index contributed by atoms with van der Waals surface area (Å²) in [6, 6.07) is 9.57. The average Bonchev–Trinajstić information content (AvgIpc) is 3.36. The van der Waals surface area contributed by atoms with E-state index in [0.717, 1.165) is 16.2 Å². The van der Waals surface area contributed by atoms with E-state index in [1.165, 1.54) is 29.5 Å². The lowest BCUT2D eigenvalue weighted by Crippen LogP contribution is -2.15. The molecule has 4 rings (SSSR count). The summed E-state index contributed by atoms with van der Waals surface area (Å²) in [7, 11) is 3.17. The number of nitrogens with zero attached hydrogens (tertiary/aromatic N) is 3. The Bertz CT molecular complexity index is 1330. The van der Waals surface area contributed by atoms with Crippen molar-refractivity contribution in [2.24, 2.45) is 0 Å². The maximum atomic E-state index is 12.6. The molecule has 0 aliphatic rings. The summed E-state index contributed by atoms with van der Waals surface area (Å²) < 4.78 is 12.6. The number of carbonyl (C=O) groups excluding carboxylic acids is 1. The molecule has 0 atom stereocenters. The number of nitro benzene ring substituents is 1. The predicted octanol–water partition coefficient (Wildman–Crippen LogP) is 4.82. The van der Waals surface area contributed by atoms with Gasteiger partial charge in [-0.2, -0.15) is 0 Å². The van der Waals surface area contributed by atoms with Crippen molar-refractivity contribution in [1.82, 2.24) is 9.38 Å². The quantitative estimate of drug-likeness (QED) is 0.305. The van der Waals surface area contributed by atoms with E-state index in [-0.39, 0.29) is 23.0 Å². The first-order valence-corrected chi connectivity index (χ1v) is 10.6. The third-order valence-corrected chi connectivity index (χ3v) is 5.94. The monoisotopic (exact) mass is 472 g/mol. The van der Waals surface area contributed by atoms with Crippen molar-refractivity contribution in [2.45, 2.75) is 6.42 Å². The van der Waals surface area contributed by atoms with Crippen molar-refractivity contribution < 1.29 is 19.2 Å². The van der Waals surface area contributed by atoms with E-state index >= 15 is 0 Å². The van der Waals surface area contributed by atoms with Crippen molar-refractivity contribution in [1.29, 1.82) is 0 Å². The second-order valence-electron chi connectivity index (χ2n) is 6.72. The molecule has 0 bridgehead atoms. The van der Waals surface area contributed by atoms with Gasteiger partial charge in [0.2, 0.25) is 5.91 Å². The van der Waals surface area contributed by atoms with E-state index in [1.807, 2.05) is 22.0 Å². The highest BCUT2D eigenvalue weighted by Crippen LogP contribution is 2.34. The summed E-state index contributed by atoms with van der Waals surface area (Å²) in [6.45, 7) is 0. The number of nitrogens with one attached hydrogen (secondary N) is 1. The number of carbonyl (C=O) groups is 1. The van der Waals surface area contributed by atoms with E-state index in [4.69, 9.17) is 21.1 Å². The van der Waals surface area contributed by atoms with Gasteiger partial charge < -0.3 is 14.8 Å². The number of amides is 1. The van der Waals surface area contributed by atoms with Crippen LogP contribution < -0.4 is 14.8 Å². The maximum Gasteiger partial charge on any atom is 0.289 e. The van der Waals surface area contributed by atoms with E-state index in [0.29, 0.717) is 22.9 Å². The Morgan fingerprint density at radius 2 is 2.06 bits per heavy atom. The normalized spacial score (nSPS) is 10.8. The number of rotatable bonds is 7. The summed E-state index contributed by atoms with van der Waals surface area (Å²) in [4.78, 5) is 28.4. The zero-order valence-corrected chi connectivity index (χ0v) is 18.6. The van der Waals surface area contributed by atoms with Gasteiger partial charge in [0.25, 0.3) is 5.69 Å². The van der Waals surface area contributed by atoms with Crippen LogP contribution in [0.4, 0.5) is 11.4 Å². The second-order valence-corrected chi connectivity index (χ2v) is 7.96. The largest absolute Gasteiger partial charge is 0.497 e. The molecule has 2 heterocycles. The molecule has 0 saturated heterocycles. The zero-order valence-electron chi connectivity index (χ0n) is 17.0. The molecule has 2 aromatic carbocycles. The summed E-state index contributed by atoms with van der Waals surface area (Å²) in [5.41, 5.74) is 2.21. The number of benzene rings is 2. The summed E-state index contributed by atoms with van der Waals surface area (Å²) >= 11 is 7.22. The number of ether oxygens (including phenoxy) is 2. The molecule has 0 saturated carbocycles. The number of anilines is 1. The van der Waals surface area contributed by atoms with Crippen LogP contribution >= 0.6 is 22.9 Å². The van der Waals surface area contributed by atoms with Crippen LogP contribution in [0.2, 0.25) is 5.02 Å². The fourth-order valence-corrected chi connectivity index (χ4v) is 4.26. The molecular formula is C21H17ClN4O5S. The topological polar surface area (TPSA) is 108 Å². The third kappa shape index (κ3) is 4.23. The van der Waals surface area contributed by atoms with Crippen LogP contribution in [0.1, 0.15) is 5.69 Å². The Morgan fingerprint density at radius 3 is 2.78 bits per heavy atom. The molecule has 0 spiro atoms. The number of fused-ring (bicyclic) bond motifs is 1. The van der Waals surface area contributed by atoms with Gasteiger partial charge in [-0.1, -0.05) is 11.6 Å². The highest BCUT2D eigenvalue weighted by atomic mass is 35.5. The van der Waals surface area contributed by atoms with Gasteiger partial charge >= 0.3 is 0 Å². The first-order chi connectivity index (χ1) is 15.4. The van der Waals surface area contributed by atoms with Crippen molar-refractivity contribution >= 4 is 45.2 Å². The number of methoxy groups -OCH3 is 2. The second kappa shape index (κ2) is 8.85. The zero-order chi connectivity index (χ0) is 22.8. The molecule has 11 heteroatoms. The van der Waals surface area contributed by atoms with Gasteiger partial charge in [-0.25, -0.2) is 4.98 Å². The van der Waals surface area contributed by atoms with E-state index in [2.05, 4.69) is 10.3 Å². The number of hydrogen-bond donors (Lipinski definition) is 1. The molecule has 9 nitrogen and oxygen atoms in total. The Morgan fingerprint density at radius 1 is 1.25 bits per heavy atom. The lowest BCUT2D eigenvalue weighted by molar-refractivity contribution is -0.384. The van der Waals surface area contributed by atoms with Gasteiger partial charge in [0.15, 0.2) is 4.96 Å².